The molecule has 0 radical (unpaired) electrons. The van der Waals surface area contributed by atoms with E-state index in [0.717, 1.165) is 29.5 Å². The van der Waals surface area contributed by atoms with Gasteiger partial charge < -0.3 is 14.7 Å². The average Bonchev–Trinajstić information content (AvgIpc) is 2.46. The molecule has 0 unspecified atom stereocenters. The van der Waals surface area contributed by atoms with Crippen LogP contribution in [0.1, 0.15) is 10.4 Å². The molecule has 1 N–H and O–H groups in total. The molecule has 0 spiro atoms. The Bertz CT molecular complexity index is 618. The molecule has 1 aliphatic heterocycles. The molecular formula is C15H15NO3. The van der Waals surface area contributed by atoms with Crippen molar-refractivity contribution in [3.05, 3.63) is 42.0 Å². The summed E-state index contributed by atoms with van der Waals surface area (Å²) in [4.78, 5) is 13.5. The second-order valence-electron chi connectivity index (χ2n) is 4.62. The summed E-state index contributed by atoms with van der Waals surface area (Å²) in [5.74, 6) is -0.882. The van der Waals surface area contributed by atoms with Crippen molar-refractivity contribution in [3.8, 4) is 0 Å². The Morgan fingerprint density at radius 2 is 1.74 bits per heavy atom. The molecule has 19 heavy (non-hydrogen) atoms. The van der Waals surface area contributed by atoms with Gasteiger partial charge in [0, 0.05) is 13.1 Å². The summed E-state index contributed by atoms with van der Waals surface area (Å²) in [6, 6.07) is 11.5. The number of morpholine rings is 1. The van der Waals surface area contributed by atoms with Gasteiger partial charge >= 0.3 is 5.97 Å². The molecule has 2 aromatic rings. The molecule has 0 saturated carbocycles. The minimum absolute atomic E-state index is 0.362. The number of anilines is 1. The van der Waals surface area contributed by atoms with E-state index in [9.17, 15) is 9.90 Å². The van der Waals surface area contributed by atoms with Crippen LogP contribution in [0.3, 0.4) is 0 Å². The Kier molecular flexibility index (Phi) is 3.09. The van der Waals surface area contributed by atoms with Crippen LogP contribution >= 0.6 is 0 Å². The van der Waals surface area contributed by atoms with E-state index in [0.29, 0.717) is 18.8 Å². The van der Waals surface area contributed by atoms with Crippen molar-refractivity contribution in [2.45, 2.75) is 0 Å². The summed E-state index contributed by atoms with van der Waals surface area (Å²) in [5, 5.41) is 11.4. The predicted octanol–water partition coefficient (Wildman–Crippen LogP) is 2.37. The van der Waals surface area contributed by atoms with Gasteiger partial charge in [-0.1, -0.05) is 24.3 Å². The molecule has 0 bridgehead atoms. The van der Waals surface area contributed by atoms with Crippen LogP contribution in [0.5, 0.6) is 0 Å². The van der Waals surface area contributed by atoms with Gasteiger partial charge in [0.1, 0.15) is 0 Å². The number of ether oxygens (including phenoxy) is 1. The summed E-state index contributed by atoms with van der Waals surface area (Å²) >= 11 is 0. The lowest BCUT2D eigenvalue weighted by Gasteiger charge is -2.30. The smallest absolute Gasteiger partial charge is 0.337 e. The third-order valence-electron chi connectivity index (χ3n) is 3.45. The molecule has 4 heteroatoms. The van der Waals surface area contributed by atoms with Crippen molar-refractivity contribution in [1.29, 1.82) is 0 Å². The van der Waals surface area contributed by atoms with E-state index in [4.69, 9.17) is 4.74 Å². The van der Waals surface area contributed by atoms with Gasteiger partial charge in [0.15, 0.2) is 0 Å². The van der Waals surface area contributed by atoms with Crippen molar-refractivity contribution < 1.29 is 14.6 Å². The number of carbonyl (C=O) groups is 1. The highest BCUT2D eigenvalue weighted by atomic mass is 16.5. The lowest BCUT2D eigenvalue weighted by atomic mass is 10.0. The molecule has 0 atom stereocenters. The maximum absolute atomic E-state index is 11.5. The van der Waals surface area contributed by atoms with E-state index < -0.39 is 5.97 Å². The van der Waals surface area contributed by atoms with Crippen molar-refractivity contribution in [1.82, 2.24) is 0 Å². The molecule has 98 valence electrons. The van der Waals surface area contributed by atoms with Crippen molar-refractivity contribution >= 4 is 22.4 Å². The quantitative estimate of drug-likeness (QED) is 0.897. The van der Waals surface area contributed by atoms with Crippen LogP contribution in [-0.4, -0.2) is 37.4 Å². The first-order valence-corrected chi connectivity index (χ1v) is 6.34. The van der Waals surface area contributed by atoms with Crippen molar-refractivity contribution in [2.24, 2.45) is 0 Å². The molecule has 0 aliphatic carbocycles. The Labute approximate surface area is 111 Å². The molecule has 0 amide bonds. The number of hydrogen-bond acceptors (Lipinski definition) is 3. The van der Waals surface area contributed by atoms with Gasteiger partial charge in [-0.2, -0.15) is 0 Å². The molecule has 0 aromatic heterocycles. The van der Waals surface area contributed by atoms with Gasteiger partial charge in [0.05, 0.1) is 24.5 Å². The van der Waals surface area contributed by atoms with E-state index in [-0.39, 0.29) is 0 Å². The van der Waals surface area contributed by atoms with Crippen LogP contribution in [0.4, 0.5) is 5.69 Å². The van der Waals surface area contributed by atoms with Gasteiger partial charge in [-0.05, 0) is 22.9 Å². The first kappa shape index (κ1) is 12.0. The van der Waals surface area contributed by atoms with Gasteiger partial charge in [0.25, 0.3) is 0 Å². The van der Waals surface area contributed by atoms with Crippen LogP contribution in [0.2, 0.25) is 0 Å². The molecule has 1 aliphatic rings. The maximum atomic E-state index is 11.5. The fourth-order valence-corrected chi connectivity index (χ4v) is 2.47. The van der Waals surface area contributed by atoms with Crippen LogP contribution in [0, 0.1) is 0 Å². The highest BCUT2D eigenvalue weighted by Gasteiger charge is 2.19. The zero-order chi connectivity index (χ0) is 13.2. The molecular weight excluding hydrogens is 242 g/mol. The molecule has 1 fully saturated rings. The van der Waals surface area contributed by atoms with Gasteiger partial charge in [-0.25, -0.2) is 4.79 Å². The third-order valence-corrected chi connectivity index (χ3v) is 3.45. The number of carboxylic acids is 1. The minimum atomic E-state index is -0.882. The Morgan fingerprint density at radius 3 is 2.37 bits per heavy atom. The normalized spacial score (nSPS) is 15.7. The van der Waals surface area contributed by atoms with Crippen LogP contribution < -0.4 is 4.90 Å². The monoisotopic (exact) mass is 257 g/mol. The number of nitrogens with zero attached hydrogens (tertiary/aromatic N) is 1. The standard InChI is InChI=1S/C15H15NO3/c17-15(18)13-9-11-3-1-2-4-12(11)10-14(13)16-5-7-19-8-6-16/h1-4,9-10H,5-8H2,(H,17,18). The van der Waals surface area contributed by atoms with Gasteiger partial charge in [-0.15, -0.1) is 0 Å². The third kappa shape index (κ3) is 2.27. The zero-order valence-electron chi connectivity index (χ0n) is 10.5. The first-order chi connectivity index (χ1) is 9.25. The molecule has 4 nitrogen and oxygen atoms in total. The SMILES string of the molecule is O=C(O)c1cc2ccccc2cc1N1CCOCC1. The van der Waals surface area contributed by atoms with E-state index >= 15 is 0 Å². The van der Waals surface area contributed by atoms with E-state index in [2.05, 4.69) is 4.90 Å². The molecule has 1 saturated heterocycles. The lowest BCUT2D eigenvalue weighted by Crippen LogP contribution is -2.37. The average molecular weight is 257 g/mol. The number of aromatic carboxylic acids is 1. The summed E-state index contributed by atoms with van der Waals surface area (Å²) in [7, 11) is 0. The lowest BCUT2D eigenvalue weighted by molar-refractivity contribution is 0.0696. The molecule has 2 aromatic carbocycles. The number of rotatable bonds is 2. The first-order valence-electron chi connectivity index (χ1n) is 6.34. The molecule has 1 heterocycles. The topological polar surface area (TPSA) is 49.8 Å². The summed E-state index contributed by atoms with van der Waals surface area (Å²) in [6.07, 6.45) is 0. The Balaban J connectivity index is 2.14. The highest BCUT2D eigenvalue weighted by Crippen LogP contribution is 2.28. The highest BCUT2D eigenvalue weighted by molar-refractivity contribution is 6.01. The second kappa shape index (κ2) is 4.90. The fourth-order valence-electron chi connectivity index (χ4n) is 2.47. The van der Waals surface area contributed by atoms with Crippen LogP contribution in [0.25, 0.3) is 10.8 Å². The van der Waals surface area contributed by atoms with E-state index in [1.807, 2.05) is 30.3 Å². The predicted molar refractivity (Wildman–Crippen MR) is 73.9 cm³/mol. The second-order valence-corrected chi connectivity index (χ2v) is 4.62. The summed E-state index contributed by atoms with van der Waals surface area (Å²) < 4.78 is 5.32. The number of fused-ring (bicyclic) bond motifs is 1. The Hall–Kier alpha value is -2.07. The summed E-state index contributed by atoms with van der Waals surface area (Å²) in [6.45, 7) is 2.76. The van der Waals surface area contributed by atoms with Crippen LogP contribution in [-0.2, 0) is 4.74 Å². The van der Waals surface area contributed by atoms with Gasteiger partial charge in [0.2, 0.25) is 0 Å². The fraction of sp³-hybridized carbons (Fsp3) is 0.267. The van der Waals surface area contributed by atoms with Crippen molar-refractivity contribution in [2.75, 3.05) is 31.2 Å². The van der Waals surface area contributed by atoms with Crippen molar-refractivity contribution in [3.63, 3.8) is 0 Å². The largest absolute Gasteiger partial charge is 0.478 e. The van der Waals surface area contributed by atoms with Gasteiger partial charge in [-0.3, -0.25) is 0 Å². The zero-order valence-corrected chi connectivity index (χ0v) is 10.5. The summed E-state index contributed by atoms with van der Waals surface area (Å²) in [5.41, 5.74) is 1.15. The van der Waals surface area contributed by atoms with E-state index in [1.165, 1.54) is 0 Å². The van der Waals surface area contributed by atoms with Crippen LogP contribution in [0.15, 0.2) is 36.4 Å². The maximum Gasteiger partial charge on any atom is 0.337 e. The molecule has 3 rings (SSSR count). The Morgan fingerprint density at radius 1 is 1.11 bits per heavy atom. The number of hydrogen-bond donors (Lipinski definition) is 1. The number of benzene rings is 2. The van der Waals surface area contributed by atoms with E-state index in [1.54, 1.807) is 6.07 Å². The number of carboxylic acid groups (broad SMARTS) is 1. The minimum Gasteiger partial charge on any atom is -0.478 e.